The van der Waals surface area contributed by atoms with E-state index in [0.29, 0.717) is 0 Å². The molecule has 2 aromatic carbocycles. The minimum absolute atomic E-state index is 0.00472. The second-order valence-corrected chi connectivity index (χ2v) is 9.08. The fraction of sp³-hybridized carbons (Fsp3) is 0.370. The van der Waals surface area contributed by atoms with Gasteiger partial charge >= 0.3 is 12.1 Å². The molecule has 0 radical (unpaired) electrons. The van der Waals surface area contributed by atoms with Crippen LogP contribution in [0, 0.1) is 12.3 Å². The maximum absolute atomic E-state index is 12.7. The normalized spacial score (nSPS) is 13.1. The summed E-state index contributed by atoms with van der Waals surface area (Å²) in [6.45, 7) is 5.40. The molecule has 0 aromatic heterocycles. The van der Waals surface area contributed by atoms with Crippen LogP contribution in [0.3, 0.4) is 0 Å². The largest absolute Gasteiger partial charge is 0.458 e. The molecule has 7 heteroatoms. The molecule has 34 heavy (non-hydrogen) atoms. The van der Waals surface area contributed by atoms with Crippen molar-refractivity contribution in [2.45, 2.75) is 51.2 Å². The Morgan fingerprint density at radius 3 is 2.18 bits per heavy atom. The zero-order valence-electron chi connectivity index (χ0n) is 19.7. The van der Waals surface area contributed by atoms with Crippen LogP contribution in [0.2, 0.25) is 0 Å². The van der Waals surface area contributed by atoms with Crippen molar-refractivity contribution in [3.8, 4) is 23.5 Å². The lowest BCUT2D eigenvalue weighted by Crippen LogP contribution is -2.45. The lowest BCUT2D eigenvalue weighted by Gasteiger charge is -2.24. The number of carbonyl (C=O) groups excluding carboxylic acids is 3. The topological polar surface area (TPSA) is 93.7 Å². The van der Waals surface area contributed by atoms with Crippen LogP contribution in [0.15, 0.2) is 48.5 Å². The van der Waals surface area contributed by atoms with Crippen LogP contribution in [-0.2, 0) is 19.1 Å². The molecule has 1 atom stereocenters. The molecule has 0 saturated carbocycles. The molecule has 0 fully saturated rings. The zero-order valence-corrected chi connectivity index (χ0v) is 19.7. The molecule has 0 bridgehead atoms. The van der Waals surface area contributed by atoms with Gasteiger partial charge in [0.05, 0.1) is 6.54 Å². The molecular weight excluding hydrogens is 432 g/mol. The summed E-state index contributed by atoms with van der Waals surface area (Å²) in [6.07, 6.45) is 4.45. The predicted octanol–water partition coefficient (Wildman–Crippen LogP) is 3.77. The van der Waals surface area contributed by atoms with Crippen molar-refractivity contribution < 1.29 is 23.9 Å². The zero-order chi connectivity index (χ0) is 24.7. The molecule has 0 aliphatic heterocycles. The highest BCUT2D eigenvalue weighted by Crippen LogP contribution is 2.44. The third-order valence-corrected chi connectivity index (χ3v) is 5.37. The van der Waals surface area contributed by atoms with Crippen molar-refractivity contribution in [1.82, 2.24) is 10.6 Å². The molecule has 0 heterocycles. The van der Waals surface area contributed by atoms with E-state index in [0.717, 1.165) is 22.3 Å². The molecule has 2 amide bonds. The number of carbonyl (C=O) groups is 3. The Morgan fingerprint density at radius 2 is 1.62 bits per heavy atom. The first kappa shape index (κ1) is 24.8. The van der Waals surface area contributed by atoms with Gasteiger partial charge < -0.3 is 20.1 Å². The van der Waals surface area contributed by atoms with Gasteiger partial charge in [0.15, 0.2) is 0 Å². The second kappa shape index (κ2) is 10.9. The van der Waals surface area contributed by atoms with Crippen molar-refractivity contribution in [2.24, 2.45) is 0 Å². The van der Waals surface area contributed by atoms with Crippen LogP contribution >= 0.6 is 0 Å². The van der Waals surface area contributed by atoms with Crippen LogP contribution in [-0.4, -0.2) is 42.8 Å². The Bertz CT molecular complexity index is 1050. The first-order valence-electron chi connectivity index (χ1n) is 11.2. The van der Waals surface area contributed by atoms with Gasteiger partial charge in [-0.3, -0.25) is 4.79 Å². The number of hydrogen-bond donors (Lipinski definition) is 2. The summed E-state index contributed by atoms with van der Waals surface area (Å²) < 4.78 is 10.9. The highest BCUT2D eigenvalue weighted by molar-refractivity contribution is 5.83. The molecule has 7 nitrogen and oxygen atoms in total. The highest BCUT2D eigenvalue weighted by atomic mass is 16.6. The number of hydrogen-bond acceptors (Lipinski definition) is 5. The quantitative estimate of drug-likeness (QED) is 0.460. The fourth-order valence-corrected chi connectivity index (χ4v) is 3.92. The van der Waals surface area contributed by atoms with E-state index in [2.05, 4.69) is 28.7 Å². The van der Waals surface area contributed by atoms with Gasteiger partial charge in [-0.15, -0.1) is 6.42 Å². The summed E-state index contributed by atoms with van der Waals surface area (Å²) in [5.74, 6) is 1.26. The van der Waals surface area contributed by atoms with Crippen LogP contribution in [0.1, 0.15) is 50.7 Å². The summed E-state index contributed by atoms with van der Waals surface area (Å²) in [4.78, 5) is 37.2. The van der Waals surface area contributed by atoms with E-state index >= 15 is 0 Å². The number of benzene rings is 2. The van der Waals surface area contributed by atoms with Crippen molar-refractivity contribution in [1.29, 1.82) is 0 Å². The monoisotopic (exact) mass is 462 g/mol. The van der Waals surface area contributed by atoms with Gasteiger partial charge in [0.1, 0.15) is 18.2 Å². The number of esters is 1. The lowest BCUT2D eigenvalue weighted by atomic mass is 9.98. The van der Waals surface area contributed by atoms with Gasteiger partial charge in [-0.05, 0) is 49.4 Å². The molecule has 0 unspecified atom stereocenters. The van der Waals surface area contributed by atoms with Crippen LogP contribution < -0.4 is 10.6 Å². The van der Waals surface area contributed by atoms with E-state index in [4.69, 9.17) is 15.9 Å². The summed E-state index contributed by atoms with van der Waals surface area (Å²) in [5, 5.41) is 5.10. The van der Waals surface area contributed by atoms with Gasteiger partial charge in [-0.1, -0.05) is 54.5 Å². The number of nitrogens with one attached hydrogen (secondary N) is 2. The van der Waals surface area contributed by atoms with E-state index < -0.39 is 23.7 Å². The van der Waals surface area contributed by atoms with Gasteiger partial charge in [0.25, 0.3) is 0 Å². The summed E-state index contributed by atoms with van der Waals surface area (Å²) >= 11 is 0. The maximum Gasteiger partial charge on any atom is 0.407 e. The highest BCUT2D eigenvalue weighted by Gasteiger charge is 2.31. The van der Waals surface area contributed by atoms with E-state index in [-0.39, 0.29) is 37.8 Å². The average molecular weight is 463 g/mol. The maximum atomic E-state index is 12.7. The van der Waals surface area contributed by atoms with Crippen molar-refractivity contribution >= 4 is 18.0 Å². The predicted molar refractivity (Wildman–Crippen MR) is 129 cm³/mol. The Morgan fingerprint density at radius 1 is 1.03 bits per heavy atom. The third kappa shape index (κ3) is 6.38. The second-order valence-electron chi connectivity index (χ2n) is 9.08. The minimum Gasteiger partial charge on any atom is -0.458 e. The lowest BCUT2D eigenvalue weighted by molar-refractivity contribution is -0.157. The summed E-state index contributed by atoms with van der Waals surface area (Å²) in [5.41, 5.74) is 3.67. The van der Waals surface area contributed by atoms with E-state index in [1.165, 1.54) is 0 Å². The Balaban J connectivity index is 1.65. The number of fused-ring (bicyclic) bond motifs is 3. The van der Waals surface area contributed by atoms with Crippen LogP contribution in [0.4, 0.5) is 4.79 Å². The van der Waals surface area contributed by atoms with Crippen LogP contribution in [0.25, 0.3) is 11.1 Å². The number of ether oxygens (including phenoxy) is 2. The van der Waals surface area contributed by atoms with Gasteiger partial charge in [-0.25, -0.2) is 9.59 Å². The number of alkyl carbamates (subject to hydrolysis) is 1. The van der Waals surface area contributed by atoms with E-state index in [1.54, 1.807) is 20.8 Å². The Labute approximate surface area is 200 Å². The first-order chi connectivity index (χ1) is 16.2. The van der Waals surface area contributed by atoms with E-state index in [9.17, 15) is 14.4 Å². The number of amides is 2. The molecule has 178 valence electrons. The minimum atomic E-state index is -1.04. The number of rotatable bonds is 8. The number of terminal acetylenes is 1. The molecule has 2 aromatic rings. The molecule has 2 N–H and O–H groups in total. The third-order valence-electron chi connectivity index (χ3n) is 5.37. The Kier molecular flexibility index (Phi) is 7.95. The van der Waals surface area contributed by atoms with Crippen molar-refractivity contribution in [2.75, 3.05) is 13.2 Å². The average Bonchev–Trinajstić information content (AvgIpc) is 3.11. The smallest absolute Gasteiger partial charge is 0.407 e. The molecular formula is C27H30N2O5. The molecule has 1 aliphatic rings. The first-order valence-corrected chi connectivity index (χ1v) is 11.2. The summed E-state index contributed by atoms with van der Waals surface area (Å²) in [7, 11) is 0. The van der Waals surface area contributed by atoms with Gasteiger partial charge in [0, 0.05) is 12.3 Å². The van der Waals surface area contributed by atoms with E-state index in [1.807, 2.05) is 36.4 Å². The van der Waals surface area contributed by atoms with Gasteiger partial charge in [-0.2, -0.15) is 0 Å². The standard InChI is InChI=1S/C27H30N2O5/c1-5-16-28-24(30)15-14-23(25(31)34-27(2,3)4)29-26(32)33-17-22-20-12-8-6-10-18(20)19-11-7-9-13-21(19)22/h1,6-13,22-23H,14-17H2,2-4H3,(H,28,30)(H,29,32)/t23-/m0/s1. The Hall–Kier alpha value is -3.79. The molecule has 3 rings (SSSR count). The fourth-order valence-electron chi connectivity index (χ4n) is 3.92. The van der Waals surface area contributed by atoms with Gasteiger partial charge in [0.2, 0.25) is 5.91 Å². The molecule has 0 saturated heterocycles. The van der Waals surface area contributed by atoms with Crippen molar-refractivity contribution in [3.05, 3.63) is 59.7 Å². The van der Waals surface area contributed by atoms with Crippen molar-refractivity contribution in [3.63, 3.8) is 0 Å². The molecule has 1 aliphatic carbocycles. The summed E-state index contributed by atoms with van der Waals surface area (Å²) in [6, 6.07) is 15.0. The SMILES string of the molecule is C#CCNC(=O)CC[C@H](NC(=O)OCC1c2ccccc2-c2ccccc21)C(=O)OC(C)(C)C. The molecule has 0 spiro atoms. The van der Waals surface area contributed by atoms with Crippen LogP contribution in [0.5, 0.6) is 0 Å².